The van der Waals surface area contributed by atoms with Crippen LogP contribution in [-0.2, 0) is 57.2 Å². The standard InChI is InChI=1S/C8H16O2.2Zr/c1-2-3-4-5-6-7-8(9)10;;/h2-7H2,1H3,(H,9,10);;. The Bertz CT molecular complexity index is 97.1. The molecule has 0 bridgehead atoms. The first kappa shape index (κ1) is 18.9. The van der Waals surface area contributed by atoms with Crippen molar-refractivity contribution in [2.24, 2.45) is 0 Å². The van der Waals surface area contributed by atoms with Gasteiger partial charge in [-0.05, 0) is 6.42 Å². The monoisotopic (exact) mass is 324 g/mol. The van der Waals surface area contributed by atoms with Gasteiger partial charge in [-0.2, -0.15) is 0 Å². The van der Waals surface area contributed by atoms with Gasteiger partial charge in [-0.25, -0.2) is 0 Å². The second-order valence-electron chi connectivity index (χ2n) is 2.56. The van der Waals surface area contributed by atoms with E-state index in [1.807, 2.05) is 0 Å². The van der Waals surface area contributed by atoms with E-state index in [1.54, 1.807) is 0 Å². The Hall–Kier alpha value is 1.24. The molecule has 0 aromatic heterocycles. The molecule has 0 saturated carbocycles. The molecular formula is C8H16O2Zr2. The number of rotatable bonds is 6. The van der Waals surface area contributed by atoms with Crippen molar-refractivity contribution in [2.75, 3.05) is 0 Å². The Morgan fingerprint density at radius 1 is 1.08 bits per heavy atom. The molecule has 0 aromatic carbocycles. The third-order valence-electron chi connectivity index (χ3n) is 1.49. The summed E-state index contributed by atoms with van der Waals surface area (Å²) in [4.78, 5) is 10.0. The minimum absolute atomic E-state index is 0. The molecule has 0 saturated heterocycles. The van der Waals surface area contributed by atoms with Crippen molar-refractivity contribution in [3.8, 4) is 0 Å². The first-order valence-corrected chi connectivity index (χ1v) is 3.99. The summed E-state index contributed by atoms with van der Waals surface area (Å²) < 4.78 is 0. The molecule has 0 aliphatic heterocycles. The molecule has 0 aromatic rings. The first-order chi connectivity index (χ1) is 4.77. The molecule has 1 N–H and O–H groups in total. The zero-order valence-electron chi connectivity index (χ0n) is 7.60. The predicted octanol–water partition coefficient (Wildman–Crippen LogP) is 2.43. The van der Waals surface area contributed by atoms with Crippen LogP contribution >= 0.6 is 0 Å². The smallest absolute Gasteiger partial charge is 0.303 e. The van der Waals surface area contributed by atoms with Crippen molar-refractivity contribution in [1.29, 1.82) is 0 Å². The maximum atomic E-state index is 10.0. The fourth-order valence-electron chi connectivity index (χ4n) is 0.880. The number of hydrogen-bond acceptors (Lipinski definition) is 1. The largest absolute Gasteiger partial charge is 0.481 e. The summed E-state index contributed by atoms with van der Waals surface area (Å²) in [5.74, 6) is -0.670. The van der Waals surface area contributed by atoms with Gasteiger partial charge in [-0.15, -0.1) is 0 Å². The van der Waals surface area contributed by atoms with Gasteiger partial charge in [-0.3, -0.25) is 4.79 Å². The number of carboxylic acids is 1. The van der Waals surface area contributed by atoms with Crippen LogP contribution in [0.15, 0.2) is 0 Å². The molecule has 0 unspecified atom stereocenters. The molecule has 0 heterocycles. The van der Waals surface area contributed by atoms with Gasteiger partial charge in [0.1, 0.15) is 0 Å². The van der Waals surface area contributed by atoms with Crippen LogP contribution in [0.5, 0.6) is 0 Å². The van der Waals surface area contributed by atoms with Crippen LogP contribution in [0.25, 0.3) is 0 Å². The maximum Gasteiger partial charge on any atom is 0.303 e. The summed E-state index contributed by atoms with van der Waals surface area (Å²) in [6.07, 6.45) is 5.88. The van der Waals surface area contributed by atoms with Crippen molar-refractivity contribution in [1.82, 2.24) is 0 Å². The van der Waals surface area contributed by atoms with E-state index in [-0.39, 0.29) is 52.4 Å². The zero-order valence-corrected chi connectivity index (χ0v) is 12.5. The molecular weight excluding hydrogens is 311 g/mol. The van der Waals surface area contributed by atoms with Crippen LogP contribution in [-0.4, -0.2) is 11.1 Å². The number of carbonyl (C=O) groups is 1. The van der Waals surface area contributed by atoms with E-state index in [4.69, 9.17) is 5.11 Å². The topological polar surface area (TPSA) is 37.3 Å². The van der Waals surface area contributed by atoms with Crippen LogP contribution in [0.2, 0.25) is 0 Å². The van der Waals surface area contributed by atoms with Crippen molar-refractivity contribution >= 4 is 5.97 Å². The summed E-state index contributed by atoms with van der Waals surface area (Å²) in [5.41, 5.74) is 0. The number of carboxylic acid groups (broad SMARTS) is 1. The van der Waals surface area contributed by atoms with Crippen molar-refractivity contribution in [3.05, 3.63) is 0 Å². The number of hydrogen-bond donors (Lipinski definition) is 1. The van der Waals surface area contributed by atoms with Gasteiger partial charge in [0.15, 0.2) is 0 Å². The molecule has 0 rings (SSSR count). The van der Waals surface area contributed by atoms with E-state index in [2.05, 4.69) is 6.92 Å². The molecule has 0 aliphatic rings. The second-order valence-corrected chi connectivity index (χ2v) is 2.56. The SMILES string of the molecule is CCCCCCCC(=O)O.[Zr].[Zr]. The van der Waals surface area contributed by atoms with E-state index in [1.165, 1.54) is 19.3 Å². The van der Waals surface area contributed by atoms with Crippen LogP contribution in [0.4, 0.5) is 0 Å². The van der Waals surface area contributed by atoms with E-state index in [0.29, 0.717) is 6.42 Å². The van der Waals surface area contributed by atoms with Gasteiger partial charge in [0.25, 0.3) is 0 Å². The zero-order chi connectivity index (χ0) is 7.82. The van der Waals surface area contributed by atoms with E-state index >= 15 is 0 Å². The molecule has 0 radical (unpaired) electrons. The molecule has 0 spiro atoms. The summed E-state index contributed by atoms with van der Waals surface area (Å²) in [6, 6.07) is 0. The van der Waals surface area contributed by atoms with Gasteiger partial charge >= 0.3 is 5.97 Å². The summed E-state index contributed by atoms with van der Waals surface area (Å²) >= 11 is 0. The van der Waals surface area contributed by atoms with Gasteiger partial charge in [0, 0.05) is 58.8 Å². The minimum Gasteiger partial charge on any atom is -0.481 e. The van der Waals surface area contributed by atoms with Gasteiger partial charge < -0.3 is 5.11 Å². The molecule has 2 nitrogen and oxygen atoms in total. The Balaban J connectivity index is -0.000000405. The van der Waals surface area contributed by atoms with Gasteiger partial charge in [-0.1, -0.05) is 32.6 Å². The van der Waals surface area contributed by atoms with Crippen molar-refractivity contribution < 1.29 is 62.3 Å². The van der Waals surface area contributed by atoms with Crippen LogP contribution < -0.4 is 0 Å². The molecule has 4 heteroatoms. The quantitative estimate of drug-likeness (QED) is 0.761. The molecule has 68 valence electrons. The normalized spacial score (nSPS) is 8.08. The number of aliphatic carboxylic acids is 1. The molecule has 0 amide bonds. The third kappa shape index (κ3) is 17.4. The summed E-state index contributed by atoms with van der Waals surface area (Å²) in [7, 11) is 0. The Kier molecular flexibility index (Phi) is 23.2. The van der Waals surface area contributed by atoms with Crippen molar-refractivity contribution in [2.45, 2.75) is 45.4 Å². The van der Waals surface area contributed by atoms with E-state index in [0.717, 1.165) is 12.8 Å². The average Bonchev–Trinajstić information content (AvgIpc) is 1.87. The summed E-state index contributed by atoms with van der Waals surface area (Å²) in [5, 5.41) is 8.27. The van der Waals surface area contributed by atoms with Gasteiger partial charge in [0.2, 0.25) is 0 Å². The summed E-state index contributed by atoms with van der Waals surface area (Å²) in [6.45, 7) is 2.15. The van der Waals surface area contributed by atoms with E-state index < -0.39 is 5.97 Å². The van der Waals surface area contributed by atoms with Crippen LogP contribution in [0.3, 0.4) is 0 Å². The molecule has 0 aliphatic carbocycles. The second kappa shape index (κ2) is 14.7. The van der Waals surface area contributed by atoms with Crippen molar-refractivity contribution in [3.63, 3.8) is 0 Å². The van der Waals surface area contributed by atoms with E-state index in [9.17, 15) is 4.79 Å². The Morgan fingerprint density at radius 2 is 1.58 bits per heavy atom. The third-order valence-corrected chi connectivity index (χ3v) is 1.49. The first-order valence-electron chi connectivity index (χ1n) is 3.99. The van der Waals surface area contributed by atoms with Crippen LogP contribution in [0, 0.1) is 0 Å². The molecule has 0 atom stereocenters. The maximum absolute atomic E-state index is 10.0. The Labute approximate surface area is 113 Å². The fraction of sp³-hybridized carbons (Fsp3) is 0.875. The molecule has 0 fully saturated rings. The number of unbranched alkanes of at least 4 members (excludes halogenated alkanes) is 4. The Morgan fingerprint density at radius 3 is 2.00 bits per heavy atom. The van der Waals surface area contributed by atoms with Crippen LogP contribution in [0.1, 0.15) is 45.4 Å². The van der Waals surface area contributed by atoms with Gasteiger partial charge in [0.05, 0.1) is 0 Å². The molecule has 12 heavy (non-hydrogen) atoms. The minimum atomic E-state index is -0.670. The predicted molar refractivity (Wildman–Crippen MR) is 41.0 cm³/mol. The average molecular weight is 327 g/mol. The fourth-order valence-corrected chi connectivity index (χ4v) is 0.880.